The maximum absolute atomic E-state index is 4.51. The number of hydrogen-bond acceptors (Lipinski definition) is 3. The van der Waals surface area contributed by atoms with Gasteiger partial charge < -0.3 is 5.32 Å². The van der Waals surface area contributed by atoms with Gasteiger partial charge in [-0.2, -0.15) is 5.10 Å². The molecule has 1 unspecified atom stereocenters. The van der Waals surface area contributed by atoms with E-state index >= 15 is 0 Å². The summed E-state index contributed by atoms with van der Waals surface area (Å²) in [5.41, 5.74) is 2.42. The molecular formula is C13H19N3S. The number of hydrogen-bond donors (Lipinski definition) is 1. The van der Waals surface area contributed by atoms with E-state index in [1.807, 2.05) is 30.1 Å². The average Bonchev–Trinajstić information content (AvgIpc) is 2.95. The van der Waals surface area contributed by atoms with Crippen molar-refractivity contribution in [1.29, 1.82) is 0 Å². The van der Waals surface area contributed by atoms with Gasteiger partial charge in [0.1, 0.15) is 0 Å². The van der Waals surface area contributed by atoms with E-state index in [1.54, 1.807) is 0 Å². The number of nitrogens with one attached hydrogen (secondary N) is 1. The Bertz CT molecular complexity index is 459. The van der Waals surface area contributed by atoms with Crippen LogP contribution in [0.4, 0.5) is 0 Å². The number of aryl methyl sites for hydroxylation is 2. The highest BCUT2D eigenvalue weighted by Gasteiger charge is 2.15. The number of aromatic nitrogens is 2. The van der Waals surface area contributed by atoms with Crippen LogP contribution < -0.4 is 5.32 Å². The molecule has 0 saturated heterocycles. The number of rotatable bonds is 5. The average molecular weight is 249 g/mol. The molecule has 92 valence electrons. The molecule has 1 atom stereocenters. The summed E-state index contributed by atoms with van der Waals surface area (Å²) in [6.45, 7) is 2.14. The van der Waals surface area contributed by atoms with Crippen molar-refractivity contribution in [3.8, 4) is 0 Å². The Morgan fingerprint density at radius 3 is 2.88 bits per heavy atom. The van der Waals surface area contributed by atoms with E-state index in [-0.39, 0.29) is 0 Å². The lowest BCUT2D eigenvalue weighted by Gasteiger charge is -2.15. The lowest BCUT2D eigenvalue weighted by Crippen LogP contribution is -2.21. The smallest absolute Gasteiger partial charge is 0.0625 e. The van der Waals surface area contributed by atoms with Crippen molar-refractivity contribution in [2.24, 2.45) is 7.05 Å². The van der Waals surface area contributed by atoms with Crippen LogP contribution in [-0.4, -0.2) is 16.8 Å². The minimum atomic E-state index is 0.339. The Hall–Kier alpha value is -1.13. The summed E-state index contributed by atoms with van der Waals surface area (Å²) in [5.74, 6) is 0. The fraction of sp³-hybridized carbons (Fsp3) is 0.462. The number of likely N-dealkylation sites (N-methyl/N-ethyl adjacent to an activating group) is 1. The summed E-state index contributed by atoms with van der Waals surface area (Å²) in [5, 5.41) is 10.0. The maximum atomic E-state index is 4.51. The van der Waals surface area contributed by atoms with Crippen LogP contribution in [0.2, 0.25) is 0 Å². The minimum absolute atomic E-state index is 0.339. The van der Waals surface area contributed by atoms with E-state index in [0.717, 1.165) is 18.5 Å². The van der Waals surface area contributed by atoms with Crippen LogP contribution in [0.25, 0.3) is 0 Å². The molecule has 0 radical (unpaired) electrons. The standard InChI is InChI=1S/C13H19N3S/c1-4-10-8-13(16(3)15-10)12(14-2)9-11-6-5-7-17-11/h5-8,12,14H,4,9H2,1-3H3. The number of nitrogens with zero attached hydrogens (tertiary/aromatic N) is 2. The normalized spacial score (nSPS) is 12.9. The fourth-order valence-corrected chi connectivity index (χ4v) is 2.78. The van der Waals surface area contributed by atoms with Gasteiger partial charge in [0.2, 0.25) is 0 Å². The zero-order valence-corrected chi connectivity index (χ0v) is 11.4. The van der Waals surface area contributed by atoms with E-state index in [4.69, 9.17) is 0 Å². The molecular weight excluding hydrogens is 230 g/mol. The van der Waals surface area contributed by atoms with Gasteiger partial charge in [0.05, 0.1) is 17.4 Å². The molecule has 0 aliphatic heterocycles. The quantitative estimate of drug-likeness (QED) is 0.882. The highest BCUT2D eigenvalue weighted by Crippen LogP contribution is 2.21. The van der Waals surface area contributed by atoms with Crippen molar-refractivity contribution < 1.29 is 0 Å². The predicted octanol–water partition coefficient (Wildman–Crippen LogP) is 2.55. The Morgan fingerprint density at radius 1 is 1.53 bits per heavy atom. The summed E-state index contributed by atoms with van der Waals surface area (Å²) < 4.78 is 1.99. The van der Waals surface area contributed by atoms with Crippen LogP contribution in [0.3, 0.4) is 0 Å². The predicted molar refractivity (Wildman–Crippen MR) is 72.4 cm³/mol. The molecule has 2 aromatic heterocycles. The van der Waals surface area contributed by atoms with E-state index in [2.05, 4.69) is 40.9 Å². The third-order valence-electron chi connectivity index (χ3n) is 3.02. The molecule has 3 nitrogen and oxygen atoms in total. The lowest BCUT2D eigenvalue weighted by molar-refractivity contribution is 0.540. The van der Waals surface area contributed by atoms with Crippen LogP contribution in [-0.2, 0) is 19.9 Å². The molecule has 0 aliphatic carbocycles. The minimum Gasteiger partial charge on any atom is -0.311 e. The third-order valence-corrected chi connectivity index (χ3v) is 3.92. The van der Waals surface area contributed by atoms with Gasteiger partial charge in [-0.3, -0.25) is 4.68 Å². The van der Waals surface area contributed by atoms with Crippen LogP contribution in [0, 0.1) is 0 Å². The van der Waals surface area contributed by atoms with Gasteiger partial charge in [0, 0.05) is 18.3 Å². The maximum Gasteiger partial charge on any atom is 0.0625 e. The Kier molecular flexibility index (Phi) is 3.97. The van der Waals surface area contributed by atoms with E-state index in [9.17, 15) is 0 Å². The van der Waals surface area contributed by atoms with Crippen molar-refractivity contribution in [2.45, 2.75) is 25.8 Å². The summed E-state index contributed by atoms with van der Waals surface area (Å²) in [7, 11) is 4.03. The molecule has 0 spiro atoms. The zero-order chi connectivity index (χ0) is 12.3. The monoisotopic (exact) mass is 249 g/mol. The first-order valence-corrected chi connectivity index (χ1v) is 6.85. The van der Waals surface area contributed by atoms with E-state index in [0.29, 0.717) is 6.04 Å². The van der Waals surface area contributed by atoms with Crippen molar-refractivity contribution in [3.63, 3.8) is 0 Å². The second-order valence-electron chi connectivity index (χ2n) is 4.16. The Morgan fingerprint density at radius 2 is 2.35 bits per heavy atom. The summed E-state index contributed by atoms with van der Waals surface area (Å²) in [6, 6.07) is 6.83. The van der Waals surface area contributed by atoms with Crippen LogP contribution in [0.5, 0.6) is 0 Å². The Labute approximate surface area is 106 Å². The topological polar surface area (TPSA) is 29.9 Å². The van der Waals surface area contributed by atoms with E-state index < -0.39 is 0 Å². The first kappa shape index (κ1) is 12.3. The molecule has 2 aromatic rings. The van der Waals surface area contributed by atoms with Crippen LogP contribution in [0.15, 0.2) is 23.6 Å². The van der Waals surface area contributed by atoms with Gasteiger partial charge in [-0.05, 0) is 31.0 Å². The van der Waals surface area contributed by atoms with Gasteiger partial charge in [-0.1, -0.05) is 13.0 Å². The molecule has 17 heavy (non-hydrogen) atoms. The van der Waals surface area contributed by atoms with Gasteiger partial charge >= 0.3 is 0 Å². The highest BCUT2D eigenvalue weighted by atomic mass is 32.1. The van der Waals surface area contributed by atoms with Crippen LogP contribution >= 0.6 is 11.3 Å². The molecule has 0 aliphatic rings. The summed E-state index contributed by atoms with van der Waals surface area (Å²) in [4.78, 5) is 1.41. The Balaban J connectivity index is 2.19. The first-order chi connectivity index (χ1) is 8.24. The first-order valence-electron chi connectivity index (χ1n) is 5.97. The fourth-order valence-electron chi connectivity index (χ4n) is 2.03. The van der Waals surface area contributed by atoms with Crippen LogP contribution in [0.1, 0.15) is 29.2 Å². The van der Waals surface area contributed by atoms with Gasteiger partial charge in [-0.25, -0.2) is 0 Å². The SMILES string of the molecule is CCc1cc(C(Cc2cccs2)NC)n(C)n1. The molecule has 0 fully saturated rings. The molecule has 0 saturated carbocycles. The highest BCUT2D eigenvalue weighted by molar-refractivity contribution is 7.09. The summed E-state index contributed by atoms with van der Waals surface area (Å²) in [6.07, 6.45) is 2.01. The van der Waals surface area contributed by atoms with Crippen molar-refractivity contribution in [2.75, 3.05) is 7.05 Å². The molecule has 4 heteroatoms. The van der Waals surface area contributed by atoms with E-state index in [1.165, 1.54) is 10.6 Å². The second-order valence-corrected chi connectivity index (χ2v) is 5.19. The van der Waals surface area contributed by atoms with Gasteiger partial charge in [-0.15, -0.1) is 11.3 Å². The van der Waals surface area contributed by atoms with Gasteiger partial charge in [0.15, 0.2) is 0 Å². The molecule has 2 heterocycles. The van der Waals surface area contributed by atoms with Crippen molar-refractivity contribution in [3.05, 3.63) is 39.8 Å². The zero-order valence-electron chi connectivity index (χ0n) is 10.6. The molecule has 1 N–H and O–H groups in total. The number of thiophene rings is 1. The third kappa shape index (κ3) is 2.76. The molecule has 0 aromatic carbocycles. The lowest BCUT2D eigenvalue weighted by atomic mass is 10.1. The second kappa shape index (κ2) is 5.47. The van der Waals surface area contributed by atoms with Gasteiger partial charge in [0.25, 0.3) is 0 Å². The molecule has 0 amide bonds. The van der Waals surface area contributed by atoms with Crippen molar-refractivity contribution >= 4 is 11.3 Å². The largest absolute Gasteiger partial charge is 0.311 e. The molecule has 2 rings (SSSR count). The summed E-state index contributed by atoms with van der Waals surface area (Å²) >= 11 is 1.81. The molecule has 0 bridgehead atoms. The van der Waals surface area contributed by atoms with Crippen molar-refractivity contribution in [1.82, 2.24) is 15.1 Å².